The molecule has 0 spiro atoms. The second kappa shape index (κ2) is 7.21. The highest BCUT2D eigenvalue weighted by Crippen LogP contribution is 2.18. The van der Waals surface area contributed by atoms with Gasteiger partial charge in [0.05, 0.1) is 4.90 Å². The van der Waals surface area contributed by atoms with Crippen LogP contribution in [0.15, 0.2) is 29.2 Å². The summed E-state index contributed by atoms with van der Waals surface area (Å²) in [7, 11) is -0.318. The van der Waals surface area contributed by atoms with E-state index in [0.717, 1.165) is 0 Å². The van der Waals surface area contributed by atoms with Gasteiger partial charge in [-0.2, -0.15) is 4.31 Å². The van der Waals surface area contributed by atoms with E-state index in [4.69, 9.17) is 5.73 Å². The van der Waals surface area contributed by atoms with Crippen molar-refractivity contribution in [2.24, 2.45) is 5.73 Å². The largest absolute Gasteiger partial charge is 0.338 e. The summed E-state index contributed by atoms with van der Waals surface area (Å²) in [6.45, 7) is 5.83. The lowest BCUT2D eigenvalue weighted by Crippen LogP contribution is -2.39. The first-order valence-electron chi connectivity index (χ1n) is 7.18. The highest BCUT2D eigenvalue weighted by molar-refractivity contribution is 7.89. The Hall–Kier alpha value is -1.44. The average Bonchev–Trinajstić information content (AvgIpc) is 2.51. The third-order valence-electron chi connectivity index (χ3n) is 3.83. The Morgan fingerprint density at radius 3 is 2.05 bits per heavy atom. The SMILES string of the molecule is CC(CN)N(C)C(=O)c1ccc(S(=O)(=O)N(C)C(C)C)cc1. The summed E-state index contributed by atoms with van der Waals surface area (Å²) in [5.74, 6) is -0.181. The summed E-state index contributed by atoms with van der Waals surface area (Å²) in [5, 5.41) is 0. The Balaban J connectivity index is 3.03. The molecular weight excluding hydrogens is 302 g/mol. The first-order valence-corrected chi connectivity index (χ1v) is 8.62. The zero-order valence-corrected chi connectivity index (χ0v) is 14.6. The fourth-order valence-electron chi connectivity index (χ4n) is 1.78. The molecule has 7 heteroatoms. The van der Waals surface area contributed by atoms with Gasteiger partial charge in [0.15, 0.2) is 0 Å². The Labute approximate surface area is 132 Å². The Bertz CT molecular complexity index is 611. The molecule has 1 atom stereocenters. The van der Waals surface area contributed by atoms with Crippen molar-refractivity contribution in [3.8, 4) is 0 Å². The molecule has 0 fully saturated rings. The summed E-state index contributed by atoms with van der Waals surface area (Å²) in [4.78, 5) is 14.0. The molecule has 1 aromatic rings. The van der Waals surface area contributed by atoms with Crippen LogP contribution in [0, 0.1) is 0 Å². The number of rotatable bonds is 6. The lowest BCUT2D eigenvalue weighted by molar-refractivity contribution is 0.0748. The zero-order valence-electron chi connectivity index (χ0n) is 13.8. The van der Waals surface area contributed by atoms with Crippen LogP contribution in [0.5, 0.6) is 0 Å². The number of hydrogen-bond acceptors (Lipinski definition) is 4. The van der Waals surface area contributed by atoms with Crippen LogP contribution in [0.3, 0.4) is 0 Å². The molecule has 0 saturated heterocycles. The van der Waals surface area contributed by atoms with Crippen molar-refractivity contribution < 1.29 is 13.2 Å². The van der Waals surface area contributed by atoms with E-state index in [1.807, 2.05) is 6.92 Å². The molecule has 1 rings (SSSR count). The van der Waals surface area contributed by atoms with E-state index in [-0.39, 0.29) is 22.9 Å². The van der Waals surface area contributed by atoms with Crippen molar-refractivity contribution in [2.45, 2.75) is 37.8 Å². The molecule has 0 saturated carbocycles. The van der Waals surface area contributed by atoms with Crippen molar-refractivity contribution in [3.63, 3.8) is 0 Å². The molecule has 0 aliphatic rings. The smallest absolute Gasteiger partial charge is 0.253 e. The number of carbonyl (C=O) groups excluding carboxylic acids is 1. The zero-order chi connectivity index (χ0) is 17.1. The number of carbonyl (C=O) groups is 1. The molecular formula is C15H25N3O3S. The molecule has 0 radical (unpaired) electrons. The molecule has 6 nitrogen and oxygen atoms in total. The van der Waals surface area contributed by atoms with Crippen LogP contribution in [0.1, 0.15) is 31.1 Å². The van der Waals surface area contributed by atoms with Crippen LogP contribution in [0.4, 0.5) is 0 Å². The number of likely N-dealkylation sites (N-methyl/N-ethyl adjacent to an activating group) is 1. The van der Waals surface area contributed by atoms with E-state index in [9.17, 15) is 13.2 Å². The van der Waals surface area contributed by atoms with Crippen LogP contribution in [-0.2, 0) is 10.0 Å². The van der Waals surface area contributed by atoms with E-state index in [1.165, 1.54) is 35.6 Å². The number of sulfonamides is 1. The Kier molecular flexibility index (Phi) is 6.10. The summed E-state index contributed by atoms with van der Waals surface area (Å²) in [5.41, 5.74) is 5.99. The van der Waals surface area contributed by atoms with Gasteiger partial charge in [0, 0.05) is 38.3 Å². The Morgan fingerprint density at radius 1 is 1.14 bits per heavy atom. The van der Waals surface area contributed by atoms with Gasteiger partial charge in [-0.3, -0.25) is 4.79 Å². The third-order valence-corrected chi connectivity index (χ3v) is 5.88. The highest BCUT2D eigenvalue weighted by Gasteiger charge is 2.23. The molecule has 0 aromatic heterocycles. The van der Waals surface area contributed by atoms with Crippen molar-refractivity contribution in [1.82, 2.24) is 9.21 Å². The molecule has 1 amide bonds. The third kappa shape index (κ3) is 3.85. The van der Waals surface area contributed by atoms with Gasteiger partial charge < -0.3 is 10.6 Å². The van der Waals surface area contributed by atoms with Gasteiger partial charge in [0.1, 0.15) is 0 Å². The summed E-state index contributed by atoms with van der Waals surface area (Å²) in [6.07, 6.45) is 0. The number of benzene rings is 1. The van der Waals surface area contributed by atoms with E-state index < -0.39 is 10.0 Å². The van der Waals surface area contributed by atoms with Crippen molar-refractivity contribution in [3.05, 3.63) is 29.8 Å². The molecule has 124 valence electrons. The number of nitrogens with zero attached hydrogens (tertiary/aromatic N) is 2. The van der Waals surface area contributed by atoms with Crippen molar-refractivity contribution >= 4 is 15.9 Å². The van der Waals surface area contributed by atoms with E-state index in [0.29, 0.717) is 12.1 Å². The fraction of sp³-hybridized carbons (Fsp3) is 0.533. The highest BCUT2D eigenvalue weighted by atomic mass is 32.2. The van der Waals surface area contributed by atoms with Crippen LogP contribution < -0.4 is 5.73 Å². The lowest BCUT2D eigenvalue weighted by Gasteiger charge is -2.24. The first-order chi connectivity index (χ1) is 10.1. The Morgan fingerprint density at radius 2 is 1.64 bits per heavy atom. The predicted molar refractivity (Wildman–Crippen MR) is 87.1 cm³/mol. The maximum absolute atomic E-state index is 12.4. The van der Waals surface area contributed by atoms with Crippen LogP contribution in [-0.4, -0.2) is 56.3 Å². The minimum absolute atomic E-state index is 0.0806. The molecule has 0 bridgehead atoms. The van der Waals surface area contributed by atoms with Gasteiger partial charge in [0.2, 0.25) is 10.0 Å². The second-order valence-electron chi connectivity index (χ2n) is 5.64. The quantitative estimate of drug-likeness (QED) is 0.849. The molecule has 0 aliphatic heterocycles. The predicted octanol–water partition coefficient (Wildman–Crippen LogP) is 1.13. The standard InChI is InChI=1S/C15H25N3O3S/c1-11(2)18(5)22(20,21)14-8-6-13(7-9-14)15(19)17(4)12(3)10-16/h6-9,11-12H,10,16H2,1-5H3. The topological polar surface area (TPSA) is 83.7 Å². The minimum Gasteiger partial charge on any atom is -0.338 e. The summed E-state index contributed by atoms with van der Waals surface area (Å²) in [6, 6.07) is 5.77. The maximum Gasteiger partial charge on any atom is 0.253 e. The summed E-state index contributed by atoms with van der Waals surface area (Å²) >= 11 is 0. The minimum atomic E-state index is -3.53. The average molecular weight is 327 g/mol. The molecule has 0 aliphatic carbocycles. The normalized spacial score (nSPS) is 13.5. The van der Waals surface area contributed by atoms with Crippen molar-refractivity contribution in [2.75, 3.05) is 20.6 Å². The van der Waals surface area contributed by atoms with E-state index in [1.54, 1.807) is 25.8 Å². The molecule has 2 N–H and O–H groups in total. The van der Waals surface area contributed by atoms with Gasteiger partial charge in [0.25, 0.3) is 5.91 Å². The second-order valence-corrected chi connectivity index (χ2v) is 7.64. The summed E-state index contributed by atoms with van der Waals surface area (Å²) < 4.78 is 26.0. The van der Waals surface area contributed by atoms with E-state index >= 15 is 0 Å². The van der Waals surface area contributed by atoms with Crippen LogP contribution >= 0.6 is 0 Å². The van der Waals surface area contributed by atoms with Crippen LogP contribution in [0.25, 0.3) is 0 Å². The maximum atomic E-state index is 12.4. The van der Waals surface area contributed by atoms with Gasteiger partial charge in [-0.05, 0) is 45.0 Å². The number of amides is 1. The van der Waals surface area contributed by atoms with Crippen molar-refractivity contribution in [1.29, 1.82) is 0 Å². The van der Waals surface area contributed by atoms with Gasteiger partial charge in [-0.1, -0.05) is 0 Å². The van der Waals surface area contributed by atoms with Gasteiger partial charge in [-0.15, -0.1) is 0 Å². The van der Waals surface area contributed by atoms with E-state index in [2.05, 4.69) is 0 Å². The molecule has 22 heavy (non-hydrogen) atoms. The number of hydrogen-bond donors (Lipinski definition) is 1. The van der Waals surface area contributed by atoms with Gasteiger partial charge >= 0.3 is 0 Å². The van der Waals surface area contributed by atoms with Gasteiger partial charge in [-0.25, -0.2) is 8.42 Å². The monoisotopic (exact) mass is 327 g/mol. The lowest BCUT2D eigenvalue weighted by atomic mass is 10.2. The first kappa shape index (κ1) is 18.6. The molecule has 1 aromatic carbocycles. The fourth-order valence-corrected chi connectivity index (χ4v) is 3.14. The number of nitrogens with two attached hydrogens (primary N) is 1. The molecule has 0 heterocycles. The van der Waals surface area contributed by atoms with Crippen LogP contribution in [0.2, 0.25) is 0 Å². The molecule has 1 unspecified atom stereocenters.